The predicted octanol–water partition coefficient (Wildman–Crippen LogP) is 0.0523. The number of nitrogens with one attached hydrogen (secondary N) is 1. The number of carbonyl (C=O) groups is 2. The van der Waals surface area contributed by atoms with Crippen LogP contribution in [0.4, 0.5) is 0 Å². The van der Waals surface area contributed by atoms with Gasteiger partial charge in [-0.05, 0) is 35.9 Å². The first kappa shape index (κ1) is 19.4. The van der Waals surface area contributed by atoms with Gasteiger partial charge in [0, 0.05) is 19.7 Å². The van der Waals surface area contributed by atoms with Crippen LogP contribution in [0.5, 0.6) is 5.75 Å². The van der Waals surface area contributed by atoms with Crippen LogP contribution in [0.25, 0.3) is 11.2 Å². The van der Waals surface area contributed by atoms with Gasteiger partial charge in [0.05, 0.1) is 7.11 Å². The van der Waals surface area contributed by atoms with E-state index in [4.69, 9.17) is 16.3 Å². The summed E-state index contributed by atoms with van der Waals surface area (Å²) in [4.78, 5) is 52.9. The number of carbonyl (C=O) groups excluding carboxylic acids is 2. The van der Waals surface area contributed by atoms with Crippen LogP contribution in [0.15, 0.2) is 33.9 Å². The van der Waals surface area contributed by atoms with E-state index < -0.39 is 29.6 Å². The molecular weight excluding hydrogens is 390 g/mol. The second kappa shape index (κ2) is 7.31. The van der Waals surface area contributed by atoms with E-state index >= 15 is 0 Å². The van der Waals surface area contributed by atoms with Crippen LogP contribution < -0.4 is 21.3 Å². The van der Waals surface area contributed by atoms with E-state index in [9.17, 15) is 19.2 Å². The molecule has 2 heterocycles. The van der Waals surface area contributed by atoms with Crippen LogP contribution in [-0.2, 0) is 25.4 Å². The number of amides is 2. The zero-order chi connectivity index (χ0) is 20.6. The van der Waals surface area contributed by atoms with E-state index in [1.807, 2.05) is 0 Å². The maximum Gasteiger partial charge on any atom is 0.332 e. The molecule has 0 unspecified atom stereocenters. The normalized spacial score (nSPS) is 10.9. The maximum atomic E-state index is 12.4. The molecule has 0 radical (unpaired) electrons. The summed E-state index contributed by atoms with van der Waals surface area (Å²) >= 11 is 6.06. The number of halogens is 1. The number of hydrogen-bond donors (Lipinski definition) is 1. The van der Waals surface area contributed by atoms with Gasteiger partial charge in [-0.2, -0.15) is 4.98 Å². The summed E-state index contributed by atoms with van der Waals surface area (Å²) in [6.07, 6.45) is 0. The lowest BCUT2D eigenvalue weighted by Gasteiger charge is -2.08. The Labute approximate surface area is 162 Å². The van der Waals surface area contributed by atoms with Crippen molar-refractivity contribution in [2.75, 3.05) is 7.11 Å². The summed E-state index contributed by atoms with van der Waals surface area (Å²) < 4.78 is 8.20. The van der Waals surface area contributed by atoms with Crippen LogP contribution in [-0.4, -0.2) is 37.6 Å². The van der Waals surface area contributed by atoms with Gasteiger partial charge >= 0.3 is 5.69 Å². The minimum atomic E-state index is -0.696. The zero-order valence-electron chi connectivity index (χ0n) is 15.2. The van der Waals surface area contributed by atoms with Gasteiger partial charge in [0.2, 0.25) is 11.2 Å². The molecule has 0 bridgehead atoms. The number of methoxy groups -OCH3 is 1. The number of ether oxygens (including phenoxy) is 1. The van der Waals surface area contributed by atoms with Gasteiger partial charge in [0.15, 0.2) is 11.2 Å². The lowest BCUT2D eigenvalue weighted by molar-refractivity contribution is -0.120. The van der Waals surface area contributed by atoms with Crippen molar-refractivity contribution in [1.29, 1.82) is 0 Å². The third-order valence-electron chi connectivity index (χ3n) is 4.21. The fourth-order valence-corrected chi connectivity index (χ4v) is 2.91. The Bertz CT molecular complexity index is 1210. The molecular formula is C17H16ClN5O5. The standard InChI is InChI=1S/C17H16ClN5O5/c1-21-13-12(15(26)22(2)17(21)27)23(16(18)20-13)8-11(24)19-14(25)9-4-6-10(28-3)7-5-9/h4-7H,8H2,1-3H3,(H,19,24,25). The van der Waals surface area contributed by atoms with Gasteiger partial charge in [-0.15, -0.1) is 0 Å². The predicted molar refractivity (Wildman–Crippen MR) is 101 cm³/mol. The van der Waals surface area contributed by atoms with Crippen molar-refractivity contribution in [2.45, 2.75) is 6.54 Å². The van der Waals surface area contributed by atoms with Gasteiger partial charge in [0.25, 0.3) is 11.5 Å². The quantitative estimate of drug-likeness (QED) is 0.613. The summed E-state index contributed by atoms with van der Waals surface area (Å²) in [6, 6.07) is 6.19. The largest absolute Gasteiger partial charge is 0.497 e. The molecule has 10 nitrogen and oxygen atoms in total. The van der Waals surface area contributed by atoms with Crippen LogP contribution in [0.3, 0.4) is 0 Å². The molecule has 2 amide bonds. The second-order valence-corrected chi connectivity index (χ2v) is 6.29. The van der Waals surface area contributed by atoms with Gasteiger partial charge in [-0.3, -0.25) is 33.4 Å². The first-order valence-corrected chi connectivity index (χ1v) is 8.42. The number of hydrogen-bond acceptors (Lipinski definition) is 6. The molecule has 0 spiro atoms. The van der Waals surface area contributed by atoms with Crippen molar-refractivity contribution in [1.82, 2.24) is 24.0 Å². The Morgan fingerprint density at radius 2 is 1.79 bits per heavy atom. The van der Waals surface area contributed by atoms with Gasteiger partial charge in [-0.1, -0.05) is 0 Å². The summed E-state index contributed by atoms with van der Waals surface area (Å²) in [7, 11) is 4.24. The Morgan fingerprint density at radius 1 is 1.14 bits per heavy atom. The van der Waals surface area contributed by atoms with Gasteiger partial charge in [-0.25, -0.2) is 4.79 Å². The number of fused-ring (bicyclic) bond motifs is 1. The summed E-state index contributed by atoms with van der Waals surface area (Å²) in [6.45, 7) is -0.426. The number of aryl methyl sites for hydroxylation is 1. The molecule has 11 heteroatoms. The fraction of sp³-hybridized carbons (Fsp3) is 0.235. The van der Waals surface area contributed by atoms with Crippen LogP contribution >= 0.6 is 11.6 Å². The molecule has 3 rings (SSSR count). The number of benzene rings is 1. The van der Waals surface area contributed by atoms with Crippen molar-refractivity contribution in [3.8, 4) is 5.75 Å². The molecule has 146 valence electrons. The Hall–Kier alpha value is -3.40. The number of rotatable bonds is 4. The van der Waals surface area contributed by atoms with E-state index in [2.05, 4.69) is 10.3 Å². The lowest BCUT2D eigenvalue weighted by Crippen LogP contribution is -2.38. The van der Waals surface area contributed by atoms with Crippen molar-refractivity contribution < 1.29 is 14.3 Å². The molecule has 0 saturated carbocycles. The third kappa shape index (κ3) is 3.29. The average Bonchev–Trinajstić information content (AvgIpc) is 3.01. The Morgan fingerprint density at radius 3 is 2.39 bits per heavy atom. The van der Waals surface area contributed by atoms with E-state index in [1.165, 1.54) is 33.3 Å². The van der Waals surface area contributed by atoms with Gasteiger partial charge < -0.3 is 4.74 Å². The van der Waals surface area contributed by atoms with E-state index in [-0.39, 0.29) is 22.0 Å². The molecule has 0 aliphatic heterocycles. The highest BCUT2D eigenvalue weighted by atomic mass is 35.5. The SMILES string of the molecule is COc1ccc(C(=O)NC(=O)Cn2c(Cl)nc3c2c(=O)n(C)c(=O)n3C)cc1. The number of aromatic nitrogens is 4. The van der Waals surface area contributed by atoms with E-state index in [1.54, 1.807) is 12.1 Å². The highest BCUT2D eigenvalue weighted by Crippen LogP contribution is 2.15. The van der Waals surface area contributed by atoms with Crippen molar-refractivity contribution in [3.05, 3.63) is 56.0 Å². The smallest absolute Gasteiger partial charge is 0.332 e. The molecule has 2 aromatic heterocycles. The first-order valence-electron chi connectivity index (χ1n) is 8.04. The Kier molecular flexibility index (Phi) is 5.06. The maximum absolute atomic E-state index is 12.4. The van der Waals surface area contributed by atoms with Crippen LogP contribution in [0.1, 0.15) is 10.4 Å². The fourth-order valence-electron chi connectivity index (χ4n) is 2.69. The molecule has 0 atom stereocenters. The highest BCUT2D eigenvalue weighted by molar-refractivity contribution is 6.29. The van der Waals surface area contributed by atoms with Crippen molar-refractivity contribution >= 4 is 34.6 Å². The third-order valence-corrected chi connectivity index (χ3v) is 4.50. The summed E-state index contributed by atoms with van der Waals surface area (Å²) in [5.74, 6) is -0.743. The zero-order valence-corrected chi connectivity index (χ0v) is 16.0. The minimum Gasteiger partial charge on any atom is -0.497 e. The molecule has 1 N–H and O–H groups in total. The monoisotopic (exact) mass is 405 g/mol. The summed E-state index contributed by atoms with van der Waals surface area (Å²) in [5.41, 5.74) is -0.923. The molecule has 28 heavy (non-hydrogen) atoms. The van der Waals surface area contributed by atoms with Crippen molar-refractivity contribution in [3.63, 3.8) is 0 Å². The molecule has 0 aliphatic carbocycles. The average molecular weight is 406 g/mol. The van der Waals surface area contributed by atoms with Gasteiger partial charge in [0.1, 0.15) is 12.3 Å². The molecule has 0 fully saturated rings. The number of imidazole rings is 1. The lowest BCUT2D eigenvalue weighted by atomic mass is 10.2. The van der Waals surface area contributed by atoms with E-state index in [0.29, 0.717) is 5.75 Å². The van der Waals surface area contributed by atoms with Crippen LogP contribution in [0, 0.1) is 0 Å². The number of nitrogens with zero attached hydrogens (tertiary/aromatic N) is 4. The topological polar surface area (TPSA) is 117 Å². The molecule has 3 aromatic rings. The first-order chi connectivity index (χ1) is 13.2. The molecule has 0 saturated heterocycles. The Balaban J connectivity index is 1.89. The van der Waals surface area contributed by atoms with E-state index in [0.717, 1.165) is 13.7 Å². The number of imide groups is 1. The molecule has 1 aromatic carbocycles. The molecule has 0 aliphatic rings. The van der Waals surface area contributed by atoms with Crippen LogP contribution in [0.2, 0.25) is 5.28 Å². The highest BCUT2D eigenvalue weighted by Gasteiger charge is 2.20. The van der Waals surface area contributed by atoms with Crippen molar-refractivity contribution in [2.24, 2.45) is 14.1 Å². The second-order valence-electron chi connectivity index (χ2n) is 5.95. The summed E-state index contributed by atoms with van der Waals surface area (Å²) in [5, 5.41) is 2.07. The minimum absolute atomic E-state index is 0.0124.